The Morgan fingerprint density at radius 3 is 2.65 bits per heavy atom. The summed E-state index contributed by atoms with van der Waals surface area (Å²) in [5.74, 6) is 1.26. The molecule has 40 heavy (non-hydrogen) atoms. The van der Waals surface area contributed by atoms with Crippen molar-refractivity contribution in [3.05, 3.63) is 65.7 Å². The number of ether oxygens (including phenoxy) is 1. The first-order chi connectivity index (χ1) is 19.2. The van der Waals surface area contributed by atoms with Gasteiger partial charge in [0.2, 0.25) is 5.95 Å². The van der Waals surface area contributed by atoms with Crippen LogP contribution in [0.3, 0.4) is 0 Å². The maximum Gasteiger partial charge on any atom is 0.407 e. The van der Waals surface area contributed by atoms with Crippen LogP contribution in [0.15, 0.2) is 55.1 Å². The summed E-state index contributed by atoms with van der Waals surface area (Å²) in [5.41, 5.74) is 2.58. The van der Waals surface area contributed by atoms with Crippen LogP contribution in [-0.2, 0) is 4.74 Å². The Kier molecular flexibility index (Phi) is 8.04. The van der Waals surface area contributed by atoms with Gasteiger partial charge in [0.1, 0.15) is 5.60 Å². The molecule has 0 aliphatic carbocycles. The van der Waals surface area contributed by atoms with Crippen LogP contribution in [0, 0.1) is 0 Å². The van der Waals surface area contributed by atoms with Crippen LogP contribution in [0.4, 0.5) is 16.6 Å². The molecule has 0 radical (unpaired) electrons. The molecule has 1 amide bonds. The molecule has 1 unspecified atom stereocenters. The zero-order valence-electron chi connectivity index (χ0n) is 23.1. The smallest absolute Gasteiger partial charge is 0.407 e. The number of nitrogens with zero attached hydrogens (tertiary/aromatic N) is 7. The third kappa shape index (κ3) is 6.60. The predicted octanol–water partition coefficient (Wildman–Crippen LogP) is 4.27. The van der Waals surface area contributed by atoms with Crippen molar-refractivity contribution in [2.45, 2.75) is 32.4 Å². The second kappa shape index (κ2) is 11.6. The average molecular weight is 564 g/mol. The fraction of sp³-hybridized carbons (Fsp3) is 0.393. The van der Waals surface area contributed by atoms with Gasteiger partial charge in [0.05, 0.1) is 23.6 Å². The topological polar surface area (TPSA) is 113 Å². The predicted molar refractivity (Wildman–Crippen MR) is 156 cm³/mol. The van der Waals surface area contributed by atoms with Crippen molar-refractivity contribution in [2.75, 3.05) is 50.0 Å². The van der Waals surface area contributed by atoms with Crippen molar-refractivity contribution in [1.29, 1.82) is 0 Å². The molecule has 1 saturated heterocycles. The van der Waals surface area contributed by atoms with E-state index in [9.17, 15) is 4.79 Å². The number of amides is 1. The molecule has 1 aliphatic rings. The number of alkyl carbamates (subject to hydrolysis) is 1. The van der Waals surface area contributed by atoms with Crippen molar-refractivity contribution in [1.82, 2.24) is 34.6 Å². The Hall–Kier alpha value is -3.96. The molecule has 0 spiro atoms. The molecule has 4 heterocycles. The van der Waals surface area contributed by atoms with Crippen LogP contribution in [0.2, 0.25) is 5.02 Å². The van der Waals surface area contributed by atoms with Crippen molar-refractivity contribution < 1.29 is 9.53 Å². The maximum atomic E-state index is 12.4. The quantitative estimate of drug-likeness (QED) is 0.340. The number of rotatable bonds is 7. The summed E-state index contributed by atoms with van der Waals surface area (Å²) in [4.78, 5) is 35.5. The molecule has 0 saturated carbocycles. The Labute approximate surface area is 238 Å². The Morgan fingerprint density at radius 2 is 1.90 bits per heavy atom. The zero-order chi connectivity index (χ0) is 28.3. The van der Waals surface area contributed by atoms with Gasteiger partial charge in [-0.3, -0.25) is 4.40 Å². The monoisotopic (exact) mass is 563 g/mol. The fourth-order valence-corrected chi connectivity index (χ4v) is 4.74. The van der Waals surface area contributed by atoms with E-state index in [0.717, 1.165) is 48.9 Å². The molecule has 4 aromatic rings. The third-order valence-electron chi connectivity index (χ3n) is 6.53. The maximum absolute atomic E-state index is 12.4. The van der Waals surface area contributed by atoms with Crippen molar-refractivity contribution in [3.63, 3.8) is 0 Å². The first-order valence-corrected chi connectivity index (χ1v) is 13.6. The molecule has 1 fully saturated rings. The first-order valence-electron chi connectivity index (χ1n) is 13.2. The van der Waals surface area contributed by atoms with Gasteiger partial charge in [-0.1, -0.05) is 23.7 Å². The summed E-state index contributed by atoms with van der Waals surface area (Å²) in [7, 11) is 2.13. The summed E-state index contributed by atoms with van der Waals surface area (Å²) in [5, 5.41) is 6.77. The highest BCUT2D eigenvalue weighted by atomic mass is 35.5. The number of anilines is 2. The van der Waals surface area contributed by atoms with E-state index in [1.165, 1.54) is 0 Å². The first kappa shape index (κ1) is 27.6. The number of likely N-dealkylation sites (N-methyl/N-ethyl adjacent to an activating group) is 1. The summed E-state index contributed by atoms with van der Waals surface area (Å²) in [6.45, 7) is 9.46. The van der Waals surface area contributed by atoms with Crippen LogP contribution in [0.25, 0.3) is 17.0 Å². The minimum Gasteiger partial charge on any atom is -0.444 e. The summed E-state index contributed by atoms with van der Waals surface area (Å²) >= 11 is 6.27. The largest absolute Gasteiger partial charge is 0.444 e. The van der Waals surface area contributed by atoms with Crippen LogP contribution in [-0.4, -0.2) is 80.7 Å². The minimum absolute atomic E-state index is 0.235. The van der Waals surface area contributed by atoms with Crippen molar-refractivity contribution in [2.24, 2.45) is 0 Å². The van der Waals surface area contributed by atoms with E-state index in [0.29, 0.717) is 16.7 Å². The summed E-state index contributed by atoms with van der Waals surface area (Å²) in [6.07, 6.45) is 6.69. The standard InChI is InChI=1S/C28H34ClN9O2/c1-28(2,3)40-27(39)33-17-22(19-6-5-7-20(29)16-19)35-26-31-9-8-21(34-26)23-18-32-25-24(30-10-11-38(23)25)37-14-12-36(4)13-15-37/h5-11,16,18,22H,12-15,17H2,1-4H3,(H,33,39)(H,31,34,35). The number of nitrogens with one attached hydrogen (secondary N) is 2. The molecule has 2 N–H and O–H groups in total. The number of halogens is 1. The lowest BCUT2D eigenvalue weighted by Gasteiger charge is -2.33. The van der Waals surface area contributed by atoms with Gasteiger partial charge in [0.25, 0.3) is 0 Å². The second-order valence-corrected chi connectivity index (χ2v) is 11.2. The molecular weight excluding hydrogens is 530 g/mol. The fourth-order valence-electron chi connectivity index (χ4n) is 4.54. The molecule has 210 valence electrons. The average Bonchev–Trinajstić information content (AvgIpc) is 3.35. The van der Waals surface area contributed by atoms with Gasteiger partial charge in [-0.25, -0.2) is 24.7 Å². The lowest BCUT2D eigenvalue weighted by Crippen LogP contribution is -2.45. The molecular formula is C28H34ClN9O2. The highest BCUT2D eigenvalue weighted by molar-refractivity contribution is 6.30. The van der Waals surface area contributed by atoms with E-state index >= 15 is 0 Å². The lowest BCUT2D eigenvalue weighted by atomic mass is 10.1. The molecule has 1 atom stereocenters. The van der Waals surface area contributed by atoms with Crippen molar-refractivity contribution >= 4 is 35.1 Å². The summed E-state index contributed by atoms with van der Waals surface area (Å²) < 4.78 is 7.42. The highest BCUT2D eigenvalue weighted by Gasteiger charge is 2.22. The van der Waals surface area contributed by atoms with E-state index in [2.05, 4.69) is 37.4 Å². The van der Waals surface area contributed by atoms with Crippen LogP contribution in [0.1, 0.15) is 32.4 Å². The molecule has 1 aliphatic heterocycles. The number of aromatic nitrogens is 5. The summed E-state index contributed by atoms with van der Waals surface area (Å²) in [6, 6.07) is 8.92. The van der Waals surface area contributed by atoms with E-state index in [4.69, 9.17) is 26.3 Å². The SMILES string of the molecule is CN1CCN(c2nccn3c(-c4ccnc(NC(CNC(=O)OC(C)(C)C)c5cccc(Cl)c5)n4)cnc23)CC1. The number of carbonyl (C=O) groups excluding carboxylic acids is 1. The number of carbonyl (C=O) groups is 1. The minimum atomic E-state index is -0.603. The zero-order valence-corrected chi connectivity index (χ0v) is 23.9. The van der Waals surface area contributed by atoms with Crippen molar-refractivity contribution in [3.8, 4) is 11.4 Å². The second-order valence-electron chi connectivity index (χ2n) is 10.8. The Bertz CT molecular complexity index is 1480. The van der Waals surface area contributed by atoms with E-state index in [1.807, 2.05) is 55.6 Å². The van der Waals surface area contributed by atoms with Gasteiger partial charge in [-0.05, 0) is 51.6 Å². The van der Waals surface area contributed by atoms with Gasteiger partial charge in [0, 0.05) is 56.3 Å². The highest BCUT2D eigenvalue weighted by Crippen LogP contribution is 2.26. The number of benzene rings is 1. The Morgan fingerprint density at radius 1 is 1.10 bits per heavy atom. The van der Waals surface area contributed by atoms with Gasteiger partial charge < -0.3 is 25.2 Å². The van der Waals surface area contributed by atoms with E-state index in [-0.39, 0.29) is 12.6 Å². The van der Waals surface area contributed by atoms with Gasteiger partial charge in [-0.15, -0.1) is 0 Å². The molecule has 0 bridgehead atoms. The molecule has 1 aromatic carbocycles. The number of hydrogen-bond donors (Lipinski definition) is 2. The van der Waals surface area contributed by atoms with Crippen LogP contribution < -0.4 is 15.5 Å². The third-order valence-corrected chi connectivity index (χ3v) is 6.77. The molecule has 3 aromatic heterocycles. The normalized spacial score (nSPS) is 15.2. The Balaban J connectivity index is 1.39. The number of imidazole rings is 1. The van der Waals surface area contributed by atoms with E-state index < -0.39 is 11.7 Å². The molecule has 11 nitrogen and oxygen atoms in total. The van der Waals surface area contributed by atoms with E-state index in [1.54, 1.807) is 24.7 Å². The number of hydrogen-bond acceptors (Lipinski definition) is 9. The van der Waals surface area contributed by atoms with Gasteiger partial charge >= 0.3 is 6.09 Å². The van der Waals surface area contributed by atoms with Crippen LogP contribution in [0.5, 0.6) is 0 Å². The lowest BCUT2D eigenvalue weighted by molar-refractivity contribution is 0.0525. The number of fused-ring (bicyclic) bond motifs is 1. The van der Waals surface area contributed by atoms with Gasteiger partial charge in [0.15, 0.2) is 11.5 Å². The van der Waals surface area contributed by atoms with Gasteiger partial charge in [-0.2, -0.15) is 0 Å². The molecule has 5 rings (SSSR count). The molecule has 12 heteroatoms. The van der Waals surface area contributed by atoms with Crippen LogP contribution >= 0.6 is 11.6 Å². The number of piperazine rings is 1.